The largest absolute Gasteiger partial charge is 0.496 e. The highest BCUT2D eigenvalue weighted by Gasteiger charge is 2.20. The molecule has 0 amide bonds. The molecule has 0 spiro atoms. The predicted molar refractivity (Wildman–Crippen MR) is 72.4 cm³/mol. The van der Waals surface area contributed by atoms with Gasteiger partial charge < -0.3 is 14.4 Å². The Morgan fingerprint density at radius 2 is 2.26 bits per heavy atom. The van der Waals surface area contributed by atoms with E-state index < -0.39 is 0 Å². The minimum Gasteiger partial charge on any atom is -0.496 e. The Kier molecular flexibility index (Phi) is 3.25. The molecule has 19 heavy (non-hydrogen) atoms. The Hall–Kier alpha value is -1.81. The van der Waals surface area contributed by atoms with Crippen LogP contribution in [0.1, 0.15) is 23.5 Å². The van der Waals surface area contributed by atoms with Crippen LogP contribution in [0.3, 0.4) is 0 Å². The zero-order chi connectivity index (χ0) is 13.2. The molecule has 0 radical (unpaired) electrons. The van der Waals surface area contributed by atoms with Gasteiger partial charge in [0.1, 0.15) is 11.6 Å². The van der Waals surface area contributed by atoms with Crippen LogP contribution in [0, 0.1) is 0 Å². The van der Waals surface area contributed by atoms with Crippen LogP contribution in [-0.2, 0) is 19.4 Å². The van der Waals surface area contributed by atoms with Gasteiger partial charge in [-0.3, -0.25) is 0 Å². The lowest BCUT2D eigenvalue weighted by atomic mass is 10.1. The molecule has 1 aromatic carbocycles. The average Bonchev–Trinajstić information content (AvgIpc) is 2.82. The number of hydrogen-bond donors (Lipinski definition) is 1. The van der Waals surface area contributed by atoms with E-state index in [0.717, 1.165) is 42.2 Å². The van der Waals surface area contributed by atoms with Gasteiger partial charge in [-0.1, -0.05) is 18.2 Å². The van der Waals surface area contributed by atoms with Crippen molar-refractivity contribution in [1.29, 1.82) is 0 Å². The van der Waals surface area contributed by atoms with E-state index in [1.807, 2.05) is 24.4 Å². The number of imidazole rings is 1. The highest BCUT2D eigenvalue weighted by atomic mass is 16.5. The molecular weight excluding hydrogens is 240 g/mol. The van der Waals surface area contributed by atoms with Gasteiger partial charge in [0, 0.05) is 36.8 Å². The van der Waals surface area contributed by atoms with Gasteiger partial charge >= 0.3 is 0 Å². The second-order valence-electron chi connectivity index (χ2n) is 4.95. The maximum absolute atomic E-state index is 9.68. The molecule has 3 rings (SSSR count). The molecule has 2 heterocycles. The third kappa shape index (κ3) is 2.36. The van der Waals surface area contributed by atoms with Crippen LogP contribution in [0.4, 0.5) is 0 Å². The fraction of sp³-hybridized carbons (Fsp3) is 0.400. The van der Waals surface area contributed by atoms with E-state index in [2.05, 4.69) is 15.6 Å². The van der Waals surface area contributed by atoms with Crippen molar-refractivity contribution in [1.82, 2.24) is 9.55 Å². The van der Waals surface area contributed by atoms with Crippen molar-refractivity contribution in [2.45, 2.75) is 31.9 Å². The Balaban J connectivity index is 1.88. The standard InChI is InChI=1S/C15H18N2O2/c1-19-14-5-3-2-4-11(14)8-15-16-10-12-9-13(18)6-7-17(12)15/h2-5,10,13,18H,6-9H2,1H3. The van der Waals surface area contributed by atoms with Crippen LogP contribution in [0.15, 0.2) is 30.5 Å². The first-order valence-corrected chi connectivity index (χ1v) is 6.61. The number of rotatable bonds is 3. The van der Waals surface area contributed by atoms with Crippen molar-refractivity contribution in [2.24, 2.45) is 0 Å². The topological polar surface area (TPSA) is 47.3 Å². The predicted octanol–water partition coefficient (Wildman–Crippen LogP) is 1.79. The van der Waals surface area contributed by atoms with Gasteiger partial charge in [0.15, 0.2) is 0 Å². The Morgan fingerprint density at radius 1 is 1.42 bits per heavy atom. The second kappa shape index (κ2) is 5.05. The molecule has 0 bridgehead atoms. The Labute approximate surface area is 112 Å². The van der Waals surface area contributed by atoms with Crippen LogP contribution in [0.2, 0.25) is 0 Å². The van der Waals surface area contributed by atoms with Crippen molar-refractivity contribution in [3.8, 4) is 5.75 Å². The molecule has 2 aromatic rings. The summed E-state index contributed by atoms with van der Waals surface area (Å²) in [6, 6.07) is 8.03. The van der Waals surface area contributed by atoms with E-state index in [1.54, 1.807) is 7.11 Å². The normalized spacial score (nSPS) is 18.1. The second-order valence-corrected chi connectivity index (χ2v) is 4.95. The van der Waals surface area contributed by atoms with Gasteiger partial charge in [-0.25, -0.2) is 4.98 Å². The van der Waals surface area contributed by atoms with E-state index in [-0.39, 0.29) is 6.10 Å². The molecule has 1 aliphatic heterocycles. The number of nitrogens with zero attached hydrogens (tertiary/aromatic N) is 2. The summed E-state index contributed by atoms with van der Waals surface area (Å²) in [6.45, 7) is 0.848. The summed E-state index contributed by atoms with van der Waals surface area (Å²) < 4.78 is 7.60. The molecule has 1 aliphatic rings. The lowest BCUT2D eigenvalue weighted by molar-refractivity contribution is 0.143. The molecule has 0 saturated heterocycles. The van der Waals surface area contributed by atoms with E-state index in [0.29, 0.717) is 6.42 Å². The average molecular weight is 258 g/mol. The molecule has 0 fully saturated rings. The highest BCUT2D eigenvalue weighted by Crippen LogP contribution is 2.23. The zero-order valence-corrected chi connectivity index (χ0v) is 11.0. The van der Waals surface area contributed by atoms with Gasteiger partial charge in [0.05, 0.1) is 13.2 Å². The zero-order valence-electron chi connectivity index (χ0n) is 11.0. The summed E-state index contributed by atoms with van der Waals surface area (Å²) in [5, 5.41) is 9.68. The highest BCUT2D eigenvalue weighted by molar-refractivity contribution is 5.35. The lowest BCUT2D eigenvalue weighted by Gasteiger charge is -2.21. The van der Waals surface area contributed by atoms with Crippen LogP contribution in [0.25, 0.3) is 0 Å². The number of aromatic nitrogens is 2. The summed E-state index contributed by atoms with van der Waals surface area (Å²) in [7, 11) is 1.69. The SMILES string of the molecule is COc1ccccc1Cc1ncc2n1CCC(O)C2. The first-order chi connectivity index (χ1) is 9.28. The maximum atomic E-state index is 9.68. The van der Waals surface area contributed by atoms with Crippen molar-refractivity contribution in [3.05, 3.63) is 47.5 Å². The summed E-state index contributed by atoms with van der Waals surface area (Å²) >= 11 is 0. The Bertz CT molecular complexity index is 577. The van der Waals surface area contributed by atoms with Crippen molar-refractivity contribution in [2.75, 3.05) is 7.11 Å². The summed E-state index contributed by atoms with van der Waals surface area (Å²) in [4.78, 5) is 4.50. The quantitative estimate of drug-likeness (QED) is 0.913. The number of ether oxygens (including phenoxy) is 1. The van der Waals surface area contributed by atoms with Crippen LogP contribution in [-0.4, -0.2) is 27.9 Å². The Morgan fingerprint density at radius 3 is 3.11 bits per heavy atom. The molecule has 0 saturated carbocycles. The fourth-order valence-electron chi connectivity index (χ4n) is 2.67. The van der Waals surface area contributed by atoms with Gasteiger partial charge in [0.2, 0.25) is 0 Å². The van der Waals surface area contributed by atoms with Gasteiger partial charge in [0.25, 0.3) is 0 Å². The molecule has 4 heteroatoms. The fourth-order valence-corrected chi connectivity index (χ4v) is 2.67. The molecule has 1 N–H and O–H groups in total. The van der Waals surface area contributed by atoms with Gasteiger partial charge in [-0.2, -0.15) is 0 Å². The molecule has 1 aromatic heterocycles. The number of hydrogen-bond acceptors (Lipinski definition) is 3. The lowest BCUT2D eigenvalue weighted by Crippen LogP contribution is -2.23. The molecule has 4 nitrogen and oxygen atoms in total. The van der Waals surface area contributed by atoms with Gasteiger partial charge in [-0.15, -0.1) is 0 Å². The van der Waals surface area contributed by atoms with Crippen molar-refractivity contribution in [3.63, 3.8) is 0 Å². The van der Waals surface area contributed by atoms with E-state index in [9.17, 15) is 5.11 Å². The third-order valence-corrected chi connectivity index (χ3v) is 3.69. The molecule has 1 atom stereocenters. The van der Waals surface area contributed by atoms with E-state index in [1.165, 1.54) is 0 Å². The summed E-state index contributed by atoms with van der Waals surface area (Å²) in [6.07, 6.45) is 3.94. The number of methoxy groups -OCH3 is 1. The van der Waals surface area contributed by atoms with E-state index in [4.69, 9.17) is 4.74 Å². The van der Waals surface area contributed by atoms with Crippen LogP contribution < -0.4 is 4.74 Å². The van der Waals surface area contributed by atoms with Crippen LogP contribution in [0.5, 0.6) is 5.75 Å². The number of fused-ring (bicyclic) bond motifs is 1. The van der Waals surface area contributed by atoms with Crippen molar-refractivity contribution < 1.29 is 9.84 Å². The first-order valence-electron chi connectivity index (χ1n) is 6.61. The van der Waals surface area contributed by atoms with Gasteiger partial charge in [-0.05, 0) is 12.5 Å². The van der Waals surface area contributed by atoms with Crippen LogP contribution >= 0.6 is 0 Å². The number of para-hydroxylation sites is 1. The minimum absolute atomic E-state index is 0.219. The third-order valence-electron chi connectivity index (χ3n) is 3.69. The number of aliphatic hydroxyl groups excluding tert-OH is 1. The van der Waals surface area contributed by atoms with Crippen molar-refractivity contribution >= 4 is 0 Å². The molecule has 0 aliphatic carbocycles. The smallest absolute Gasteiger partial charge is 0.122 e. The summed E-state index contributed by atoms with van der Waals surface area (Å²) in [5.41, 5.74) is 2.27. The number of aliphatic hydroxyl groups is 1. The monoisotopic (exact) mass is 258 g/mol. The summed E-state index contributed by atoms with van der Waals surface area (Å²) in [5.74, 6) is 1.95. The minimum atomic E-state index is -0.219. The van der Waals surface area contributed by atoms with E-state index >= 15 is 0 Å². The first kappa shape index (κ1) is 12.2. The molecule has 100 valence electrons. The molecule has 1 unspecified atom stereocenters. The maximum Gasteiger partial charge on any atom is 0.122 e. The number of benzene rings is 1. The molecular formula is C15H18N2O2.